The number of amides is 3. The van der Waals surface area contributed by atoms with Crippen molar-refractivity contribution in [1.82, 2.24) is 10.2 Å². The molecule has 0 spiro atoms. The predicted octanol–water partition coefficient (Wildman–Crippen LogP) is 3.22. The van der Waals surface area contributed by atoms with Crippen LogP contribution in [0.5, 0.6) is 5.75 Å². The van der Waals surface area contributed by atoms with Crippen molar-refractivity contribution in [2.75, 3.05) is 6.54 Å². The number of phenolic OH excluding ortho intramolecular Hbond substituents is 1. The molecule has 2 N–H and O–H groups in total. The minimum absolute atomic E-state index is 0.142. The maximum Gasteiger partial charge on any atom is 0.324 e. The number of hydrogen-bond donors (Lipinski definition) is 2. The number of rotatable bonds is 9. The zero-order valence-electron chi connectivity index (χ0n) is 13.8. The van der Waals surface area contributed by atoms with E-state index < -0.39 is 6.04 Å². The van der Waals surface area contributed by atoms with Crippen LogP contribution in [0, 0.1) is 0 Å². The van der Waals surface area contributed by atoms with Gasteiger partial charge in [0.15, 0.2) is 0 Å². The zero-order chi connectivity index (χ0) is 16.7. The Morgan fingerprint density at radius 2 is 1.70 bits per heavy atom. The first-order valence-corrected chi connectivity index (χ1v) is 8.51. The Hall–Kier alpha value is -2.04. The topological polar surface area (TPSA) is 69.6 Å². The fraction of sp³-hybridized carbons (Fsp3) is 0.556. The van der Waals surface area contributed by atoms with Gasteiger partial charge in [-0.1, -0.05) is 51.2 Å². The predicted molar refractivity (Wildman–Crippen MR) is 89.2 cm³/mol. The molecule has 5 heteroatoms. The first-order chi connectivity index (χ1) is 11.1. The van der Waals surface area contributed by atoms with Crippen LogP contribution in [-0.4, -0.2) is 34.5 Å². The van der Waals surface area contributed by atoms with Crippen LogP contribution in [0.3, 0.4) is 0 Å². The molecule has 1 aliphatic rings. The highest BCUT2D eigenvalue weighted by atomic mass is 16.3. The number of unbranched alkanes of at least 4 members (excludes halogenated alkanes) is 5. The average molecular weight is 318 g/mol. The third-order valence-corrected chi connectivity index (χ3v) is 4.22. The lowest BCUT2D eigenvalue weighted by Crippen LogP contribution is -2.33. The number of carbonyl (C=O) groups is 2. The van der Waals surface area contributed by atoms with Crippen LogP contribution < -0.4 is 5.32 Å². The van der Waals surface area contributed by atoms with Crippen LogP contribution in [0.25, 0.3) is 0 Å². The summed E-state index contributed by atoms with van der Waals surface area (Å²) in [6, 6.07) is 5.94. The van der Waals surface area contributed by atoms with Gasteiger partial charge in [0, 0.05) is 13.0 Å². The van der Waals surface area contributed by atoms with Crippen molar-refractivity contribution in [3.8, 4) is 5.75 Å². The smallest absolute Gasteiger partial charge is 0.324 e. The molecule has 1 saturated heterocycles. The first-order valence-electron chi connectivity index (χ1n) is 8.51. The molecule has 1 heterocycles. The van der Waals surface area contributed by atoms with Gasteiger partial charge in [-0.2, -0.15) is 0 Å². The molecule has 23 heavy (non-hydrogen) atoms. The van der Waals surface area contributed by atoms with Gasteiger partial charge >= 0.3 is 6.03 Å². The van der Waals surface area contributed by atoms with E-state index in [1.54, 1.807) is 24.3 Å². The Balaban J connectivity index is 1.78. The monoisotopic (exact) mass is 318 g/mol. The molecule has 1 aromatic carbocycles. The fourth-order valence-electron chi connectivity index (χ4n) is 2.84. The molecule has 5 nitrogen and oxygen atoms in total. The molecule has 1 aromatic rings. The SMILES string of the molecule is CCCCCCCCN1C(=O)NC(Cc2ccc(O)cc2)C1=O. The Kier molecular flexibility index (Phi) is 6.44. The molecule has 0 aromatic heterocycles. The highest BCUT2D eigenvalue weighted by molar-refractivity contribution is 6.04. The molecule has 2 rings (SSSR count). The average Bonchev–Trinajstić information content (AvgIpc) is 2.80. The number of urea groups is 1. The number of nitrogens with one attached hydrogen (secondary N) is 1. The second-order valence-electron chi connectivity index (χ2n) is 6.13. The molecule has 3 amide bonds. The van der Waals surface area contributed by atoms with E-state index in [2.05, 4.69) is 12.2 Å². The molecule has 0 bridgehead atoms. The largest absolute Gasteiger partial charge is 0.508 e. The van der Waals surface area contributed by atoms with Crippen LogP contribution in [0.15, 0.2) is 24.3 Å². The van der Waals surface area contributed by atoms with Crippen molar-refractivity contribution >= 4 is 11.9 Å². The summed E-state index contributed by atoms with van der Waals surface area (Å²) in [7, 11) is 0. The van der Waals surface area contributed by atoms with E-state index >= 15 is 0 Å². The highest BCUT2D eigenvalue weighted by Gasteiger charge is 2.37. The lowest BCUT2D eigenvalue weighted by molar-refractivity contribution is -0.127. The Morgan fingerprint density at radius 3 is 2.39 bits per heavy atom. The molecule has 0 saturated carbocycles. The molecule has 1 aliphatic heterocycles. The van der Waals surface area contributed by atoms with Gasteiger partial charge in [-0.15, -0.1) is 0 Å². The summed E-state index contributed by atoms with van der Waals surface area (Å²) >= 11 is 0. The van der Waals surface area contributed by atoms with Crippen molar-refractivity contribution in [3.05, 3.63) is 29.8 Å². The van der Waals surface area contributed by atoms with Crippen LogP contribution in [0.2, 0.25) is 0 Å². The van der Waals surface area contributed by atoms with Gasteiger partial charge in [-0.25, -0.2) is 4.79 Å². The van der Waals surface area contributed by atoms with Gasteiger partial charge in [0.1, 0.15) is 11.8 Å². The summed E-state index contributed by atoms with van der Waals surface area (Å²) in [5, 5.41) is 12.0. The Labute approximate surface area is 137 Å². The van der Waals surface area contributed by atoms with Gasteiger partial charge in [0.2, 0.25) is 0 Å². The Bertz CT molecular complexity index is 528. The lowest BCUT2D eigenvalue weighted by Gasteiger charge is -2.13. The highest BCUT2D eigenvalue weighted by Crippen LogP contribution is 2.16. The minimum atomic E-state index is -0.493. The van der Waals surface area contributed by atoms with Crippen LogP contribution in [0.4, 0.5) is 4.79 Å². The second-order valence-corrected chi connectivity index (χ2v) is 6.13. The minimum Gasteiger partial charge on any atom is -0.508 e. The van der Waals surface area contributed by atoms with E-state index in [0.29, 0.717) is 13.0 Å². The number of hydrogen-bond acceptors (Lipinski definition) is 3. The molecule has 0 radical (unpaired) electrons. The summed E-state index contributed by atoms with van der Waals surface area (Å²) in [6.07, 6.45) is 7.23. The molecule has 0 aliphatic carbocycles. The van der Waals surface area contributed by atoms with Gasteiger partial charge < -0.3 is 10.4 Å². The normalized spacial score (nSPS) is 17.6. The summed E-state index contributed by atoms with van der Waals surface area (Å²) in [5.41, 5.74) is 0.919. The van der Waals surface area contributed by atoms with Gasteiger partial charge in [-0.05, 0) is 24.1 Å². The van der Waals surface area contributed by atoms with Crippen molar-refractivity contribution in [2.24, 2.45) is 0 Å². The molecular formula is C18H26N2O3. The standard InChI is InChI=1S/C18H26N2O3/c1-2-3-4-5-6-7-12-20-17(22)16(19-18(20)23)13-14-8-10-15(21)11-9-14/h8-11,16,21H,2-7,12-13H2,1H3,(H,19,23). The van der Waals surface area contributed by atoms with E-state index in [4.69, 9.17) is 0 Å². The number of carbonyl (C=O) groups excluding carboxylic acids is 2. The summed E-state index contributed by atoms with van der Waals surface area (Å²) in [6.45, 7) is 2.68. The third-order valence-electron chi connectivity index (χ3n) is 4.22. The number of imide groups is 1. The van der Waals surface area contributed by atoms with E-state index in [9.17, 15) is 14.7 Å². The number of aromatic hydroxyl groups is 1. The quantitative estimate of drug-likeness (QED) is 0.542. The second kappa shape index (κ2) is 8.56. The summed E-state index contributed by atoms with van der Waals surface area (Å²) in [5.74, 6) is 0.0527. The van der Waals surface area contributed by atoms with Gasteiger partial charge in [-0.3, -0.25) is 9.69 Å². The van der Waals surface area contributed by atoms with E-state index in [-0.39, 0.29) is 17.7 Å². The van der Waals surface area contributed by atoms with Crippen molar-refractivity contribution in [3.63, 3.8) is 0 Å². The first kappa shape index (κ1) is 17.3. The van der Waals surface area contributed by atoms with Gasteiger partial charge in [0.05, 0.1) is 0 Å². The van der Waals surface area contributed by atoms with E-state index in [1.165, 1.54) is 24.2 Å². The summed E-state index contributed by atoms with van der Waals surface area (Å²) in [4.78, 5) is 25.6. The maximum atomic E-state index is 12.3. The number of nitrogens with zero attached hydrogens (tertiary/aromatic N) is 1. The molecular weight excluding hydrogens is 292 g/mol. The van der Waals surface area contributed by atoms with Crippen LogP contribution in [0.1, 0.15) is 51.0 Å². The van der Waals surface area contributed by atoms with E-state index in [1.807, 2.05) is 0 Å². The zero-order valence-corrected chi connectivity index (χ0v) is 13.8. The third kappa shape index (κ3) is 4.98. The number of benzene rings is 1. The molecule has 1 atom stereocenters. The fourth-order valence-corrected chi connectivity index (χ4v) is 2.84. The van der Waals surface area contributed by atoms with E-state index in [0.717, 1.165) is 24.8 Å². The molecule has 126 valence electrons. The Morgan fingerprint density at radius 1 is 1.04 bits per heavy atom. The van der Waals surface area contributed by atoms with Crippen molar-refractivity contribution < 1.29 is 14.7 Å². The van der Waals surface area contributed by atoms with Gasteiger partial charge in [0.25, 0.3) is 5.91 Å². The molecule has 1 fully saturated rings. The summed E-state index contributed by atoms with van der Waals surface area (Å²) < 4.78 is 0. The lowest BCUT2D eigenvalue weighted by atomic mass is 10.1. The van der Waals surface area contributed by atoms with Crippen LogP contribution in [-0.2, 0) is 11.2 Å². The van der Waals surface area contributed by atoms with Crippen LogP contribution >= 0.6 is 0 Å². The number of phenols is 1. The molecule has 1 unspecified atom stereocenters. The van der Waals surface area contributed by atoms with Crippen molar-refractivity contribution in [1.29, 1.82) is 0 Å². The van der Waals surface area contributed by atoms with Crippen molar-refractivity contribution in [2.45, 2.75) is 57.9 Å². The maximum absolute atomic E-state index is 12.3.